The lowest BCUT2D eigenvalue weighted by Crippen LogP contribution is -2.45. The Kier molecular flexibility index (Phi) is 5.61. The maximum absolute atomic E-state index is 12.6. The smallest absolute Gasteiger partial charge is 0.328 e. The summed E-state index contributed by atoms with van der Waals surface area (Å²) in [5, 5.41) is 11.3. The third-order valence-electron chi connectivity index (χ3n) is 3.70. The summed E-state index contributed by atoms with van der Waals surface area (Å²) in [4.78, 5) is 36.4. The molecule has 0 spiro atoms. The molecule has 1 heterocycles. The highest BCUT2D eigenvalue weighted by molar-refractivity contribution is 6.31. The van der Waals surface area contributed by atoms with Crippen molar-refractivity contribution in [2.45, 2.75) is 12.5 Å². The Morgan fingerprint density at radius 3 is 2.83 bits per heavy atom. The fourth-order valence-electron chi connectivity index (χ4n) is 2.45. The number of hydrogen-bond donors (Lipinski definition) is 2. The third-order valence-corrected chi connectivity index (χ3v) is 3.93. The number of halogens is 2. The van der Waals surface area contributed by atoms with Crippen molar-refractivity contribution < 1.29 is 28.6 Å². The number of methoxy groups -OCH3 is 1. The van der Waals surface area contributed by atoms with E-state index in [2.05, 4.69) is 5.32 Å². The summed E-state index contributed by atoms with van der Waals surface area (Å²) in [5.74, 6) is -2.85. The minimum atomic E-state index is -1.62. The van der Waals surface area contributed by atoms with Gasteiger partial charge in [0.2, 0.25) is 11.8 Å². The number of carboxylic acid groups (broad SMARTS) is 1. The molecule has 0 saturated carbocycles. The molecule has 2 atom stereocenters. The summed E-state index contributed by atoms with van der Waals surface area (Å²) in [7, 11) is 1.44. The van der Waals surface area contributed by atoms with E-state index in [4.69, 9.17) is 21.4 Å². The van der Waals surface area contributed by atoms with Gasteiger partial charge in [-0.15, -0.1) is 0 Å². The molecule has 2 N–H and O–H groups in total. The van der Waals surface area contributed by atoms with E-state index in [9.17, 15) is 18.8 Å². The van der Waals surface area contributed by atoms with Crippen LogP contribution in [0.3, 0.4) is 0 Å². The van der Waals surface area contributed by atoms with Crippen molar-refractivity contribution >= 4 is 35.1 Å². The number of carboxylic acids is 1. The number of anilines is 1. The largest absolute Gasteiger partial charge is 0.495 e. The second kappa shape index (κ2) is 7.48. The predicted octanol–water partition coefficient (Wildman–Crippen LogP) is 1.24. The Bertz CT molecular complexity index is 669. The van der Waals surface area contributed by atoms with Crippen LogP contribution >= 0.6 is 11.6 Å². The number of alkyl halides is 1. The number of benzene rings is 1. The molecule has 130 valence electrons. The molecule has 0 bridgehead atoms. The summed E-state index contributed by atoms with van der Waals surface area (Å²) in [5.41, 5.74) is 0.422. The van der Waals surface area contributed by atoms with Gasteiger partial charge in [-0.05, 0) is 18.2 Å². The highest BCUT2D eigenvalue weighted by Crippen LogP contribution is 2.35. The fraction of sp³-hybridized carbons (Fsp3) is 0.400. The van der Waals surface area contributed by atoms with Crippen LogP contribution in [0.5, 0.6) is 5.75 Å². The monoisotopic (exact) mass is 358 g/mol. The number of ether oxygens (including phenoxy) is 1. The summed E-state index contributed by atoms with van der Waals surface area (Å²) in [6.45, 7) is -1.20. The van der Waals surface area contributed by atoms with Gasteiger partial charge in [0, 0.05) is 18.0 Å². The molecule has 1 aromatic carbocycles. The van der Waals surface area contributed by atoms with Crippen molar-refractivity contribution in [2.24, 2.45) is 5.92 Å². The van der Waals surface area contributed by atoms with Gasteiger partial charge in [-0.3, -0.25) is 9.59 Å². The Morgan fingerprint density at radius 2 is 2.25 bits per heavy atom. The van der Waals surface area contributed by atoms with Crippen LogP contribution in [0.15, 0.2) is 18.2 Å². The first-order chi connectivity index (χ1) is 11.4. The zero-order valence-electron chi connectivity index (χ0n) is 12.8. The van der Waals surface area contributed by atoms with Crippen LogP contribution in [0.25, 0.3) is 0 Å². The molecular formula is C15H16ClFN2O5. The number of aliphatic carboxylic acids is 1. The average molecular weight is 359 g/mol. The number of amides is 2. The van der Waals surface area contributed by atoms with E-state index in [1.54, 1.807) is 18.2 Å². The minimum Gasteiger partial charge on any atom is -0.495 e. The standard InChI is InChI=1S/C15H16ClFN2O5/c1-24-12-3-2-9(16)5-11(12)19-7-8(4-13(19)20)14(21)18-10(6-17)15(22)23/h2-3,5,8,10H,4,6-7H2,1H3,(H,18,21)(H,22,23). The van der Waals surface area contributed by atoms with Gasteiger partial charge in [-0.1, -0.05) is 11.6 Å². The third kappa shape index (κ3) is 3.76. The summed E-state index contributed by atoms with van der Waals surface area (Å²) < 4.78 is 17.8. The molecule has 9 heteroatoms. The van der Waals surface area contributed by atoms with Gasteiger partial charge in [0.15, 0.2) is 6.04 Å². The number of nitrogens with zero attached hydrogens (tertiary/aromatic N) is 1. The van der Waals surface area contributed by atoms with Crippen LogP contribution < -0.4 is 15.0 Å². The van der Waals surface area contributed by atoms with Crippen molar-refractivity contribution in [1.82, 2.24) is 5.32 Å². The van der Waals surface area contributed by atoms with Crippen molar-refractivity contribution in [2.75, 3.05) is 25.2 Å². The summed E-state index contributed by atoms with van der Waals surface area (Å²) in [6, 6.07) is 3.12. The molecule has 7 nitrogen and oxygen atoms in total. The molecule has 1 aromatic rings. The zero-order chi connectivity index (χ0) is 17.9. The van der Waals surface area contributed by atoms with E-state index in [0.29, 0.717) is 16.5 Å². The molecule has 1 aliphatic rings. The maximum atomic E-state index is 12.6. The van der Waals surface area contributed by atoms with E-state index >= 15 is 0 Å². The highest BCUT2D eigenvalue weighted by atomic mass is 35.5. The molecule has 0 aliphatic carbocycles. The number of nitrogens with one attached hydrogen (secondary N) is 1. The van der Waals surface area contributed by atoms with Gasteiger partial charge in [0.25, 0.3) is 0 Å². The first-order valence-electron chi connectivity index (χ1n) is 7.10. The van der Waals surface area contributed by atoms with Crippen LogP contribution in [0.4, 0.5) is 10.1 Å². The molecule has 24 heavy (non-hydrogen) atoms. The van der Waals surface area contributed by atoms with Gasteiger partial charge < -0.3 is 20.1 Å². The molecular weight excluding hydrogens is 343 g/mol. The average Bonchev–Trinajstić information content (AvgIpc) is 2.93. The van der Waals surface area contributed by atoms with Gasteiger partial charge >= 0.3 is 5.97 Å². The topological polar surface area (TPSA) is 95.9 Å². The quantitative estimate of drug-likeness (QED) is 0.797. The highest BCUT2D eigenvalue weighted by Gasteiger charge is 2.37. The van der Waals surface area contributed by atoms with Gasteiger partial charge in [-0.25, -0.2) is 9.18 Å². The van der Waals surface area contributed by atoms with Crippen LogP contribution in [-0.2, 0) is 14.4 Å². The fourth-order valence-corrected chi connectivity index (χ4v) is 2.61. The molecule has 0 aromatic heterocycles. The van der Waals surface area contributed by atoms with Gasteiger partial charge in [0.05, 0.1) is 18.7 Å². The van der Waals surface area contributed by atoms with Gasteiger partial charge in [0.1, 0.15) is 12.4 Å². The second-order valence-electron chi connectivity index (χ2n) is 5.28. The Balaban J connectivity index is 2.15. The van der Waals surface area contributed by atoms with E-state index in [-0.39, 0.29) is 18.9 Å². The summed E-state index contributed by atoms with van der Waals surface area (Å²) in [6.07, 6.45) is -0.111. The van der Waals surface area contributed by atoms with Crippen molar-refractivity contribution in [1.29, 1.82) is 0 Å². The van der Waals surface area contributed by atoms with Crippen molar-refractivity contribution in [3.05, 3.63) is 23.2 Å². The number of carbonyl (C=O) groups excluding carboxylic acids is 2. The Labute approximate surface area is 142 Å². The molecule has 2 unspecified atom stereocenters. The van der Waals surface area contributed by atoms with E-state index in [0.717, 1.165) is 0 Å². The molecule has 1 fully saturated rings. The summed E-state index contributed by atoms with van der Waals surface area (Å²) >= 11 is 5.94. The SMILES string of the molecule is COc1ccc(Cl)cc1N1CC(C(=O)NC(CF)C(=O)O)CC1=O. The van der Waals surface area contributed by atoms with Crippen LogP contribution in [0.1, 0.15) is 6.42 Å². The number of rotatable bonds is 6. The second-order valence-corrected chi connectivity index (χ2v) is 5.71. The minimum absolute atomic E-state index is 0.0278. The Morgan fingerprint density at radius 1 is 1.54 bits per heavy atom. The molecule has 2 amide bonds. The molecule has 0 radical (unpaired) electrons. The lowest BCUT2D eigenvalue weighted by Gasteiger charge is -2.20. The van der Waals surface area contributed by atoms with Crippen molar-refractivity contribution in [3.63, 3.8) is 0 Å². The van der Waals surface area contributed by atoms with Crippen molar-refractivity contribution in [3.8, 4) is 5.75 Å². The molecule has 1 saturated heterocycles. The van der Waals surface area contributed by atoms with Gasteiger partial charge in [-0.2, -0.15) is 0 Å². The lowest BCUT2D eigenvalue weighted by molar-refractivity contribution is -0.142. The molecule has 1 aliphatic heterocycles. The van der Waals surface area contributed by atoms with E-state index in [1.165, 1.54) is 12.0 Å². The van der Waals surface area contributed by atoms with Crippen LogP contribution in [0.2, 0.25) is 5.02 Å². The maximum Gasteiger partial charge on any atom is 0.328 e. The van der Waals surface area contributed by atoms with E-state index in [1.807, 2.05) is 0 Å². The van der Waals surface area contributed by atoms with Crippen LogP contribution in [-0.4, -0.2) is 49.3 Å². The normalized spacial score (nSPS) is 18.4. The zero-order valence-corrected chi connectivity index (χ0v) is 13.5. The predicted molar refractivity (Wildman–Crippen MR) is 84.0 cm³/mol. The van der Waals surface area contributed by atoms with E-state index < -0.39 is 30.5 Å². The first kappa shape index (κ1) is 18.0. The lowest BCUT2D eigenvalue weighted by atomic mass is 10.1. The first-order valence-corrected chi connectivity index (χ1v) is 7.48. The Hall–Kier alpha value is -2.35. The molecule has 2 rings (SSSR count). The number of hydrogen-bond acceptors (Lipinski definition) is 4. The number of carbonyl (C=O) groups is 3. The van der Waals surface area contributed by atoms with Crippen LogP contribution in [0, 0.1) is 5.92 Å².